The summed E-state index contributed by atoms with van der Waals surface area (Å²) < 4.78 is 12.9. The quantitative estimate of drug-likeness (QED) is 0.633. The first-order chi connectivity index (χ1) is 6.17. The van der Waals surface area contributed by atoms with E-state index in [0.29, 0.717) is 6.21 Å². The molecule has 0 saturated heterocycles. The van der Waals surface area contributed by atoms with E-state index in [2.05, 4.69) is 18.6 Å². The first-order valence-electron chi connectivity index (χ1n) is 4.25. The Bertz CT molecular complexity index is 211. The highest BCUT2D eigenvalue weighted by Crippen LogP contribution is 2.10. The fourth-order valence-electron chi connectivity index (χ4n) is 0.944. The van der Waals surface area contributed by atoms with Crippen molar-refractivity contribution in [2.75, 3.05) is 13.6 Å². The molecule has 74 valence electrons. The molecule has 13 heavy (non-hydrogen) atoms. The third kappa shape index (κ3) is 3.83. The number of allylic oxidation sites excluding steroid dienone is 1. The second-order valence-corrected chi connectivity index (χ2v) is 2.75. The van der Waals surface area contributed by atoms with E-state index in [1.807, 2.05) is 0 Å². The Kier molecular flexibility index (Phi) is 5.76. The van der Waals surface area contributed by atoms with Gasteiger partial charge in [0.2, 0.25) is 0 Å². The minimum atomic E-state index is -0.645. The molecule has 0 aromatic carbocycles. The Morgan fingerprint density at radius 3 is 2.69 bits per heavy atom. The van der Waals surface area contributed by atoms with Crippen LogP contribution in [0.2, 0.25) is 0 Å². The maximum atomic E-state index is 12.9. The van der Waals surface area contributed by atoms with E-state index < -0.39 is 5.83 Å². The summed E-state index contributed by atoms with van der Waals surface area (Å²) in [6, 6.07) is 0. The monoisotopic (exact) mass is 185 g/mol. The molecule has 0 aliphatic rings. The Morgan fingerprint density at radius 1 is 1.69 bits per heavy atom. The molecule has 0 bridgehead atoms. The lowest BCUT2D eigenvalue weighted by Crippen LogP contribution is -2.19. The van der Waals surface area contributed by atoms with Gasteiger partial charge in [-0.05, 0) is 13.1 Å². The van der Waals surface area contributed by atoms with E-state index in [9.17, 15) is 4.39 Å². The average Bonchev–Trinajstić information content (AvgIpc) is 2.15. The van der Waals surface area contributed by atoms with Gasteiger partial charge >= 0.3 is 0 Å². The topological polar surface area (TPSA) is 39.5 Å². The van der Waals surface area contributed by atoms with E-state index in [1.165, 1.54) is 0 Å². The van der Waals surface area contributed by atoms with Gasteiger partial charge in [0.05, 0.1) is 6.21 Å². The molecule has 0 fully saturated rings. The van der Waals surface area contributed by atoms with Crippen molar-refractivity contribution in [3.63, 3.8) is 0 Å². The van der Waals surface area contributed by atoms with Crippen molar-refractivity contribution >= 4 is 12.9 Å². The fraction of sp³-hybridized carbons (Fsp3) is 0.556. The highest BCUT2D eigenvalue weighted by molar-refractivity contribution is 5.73. The highest BCUT2D eigenvalue weighted by Gasteiger charge is 2.06. The van der Waals surface area contributed by atoms with E-state index in [4.69, 9.17) is 5.41 Å². The number of unbranched alkanes of at least 4 members (excludes halogenated alkanes) is 1. The first kappa shape index (κ1) is 11.8. The van der Waals surface area contributed by atoms with E-state index in [-0.39, 0.29) is 5.82 Å². The van der Waals surface area contributed by atoms with Crippen molar-refractivity contribution in [3.8, 4) is 0 Å². The molecule has 0 amide bonds. The number of halogens is 1. The largest absolute Gasteiger partial charge is 0.357 e. The predicted molar refractivity (Wildman–Crippen MR) is 54.0 cm³/mol. The normalized spacial score (nSPS) is 11.9. The van der Waals surface area contributed by atoms with Gasteiger partial charge in [0.15, 0.2) is 11.6 Å². The Hall–Kier alpha value is -1.19. The zero-order valence-corrected chi connectivity index (χ0v) is 8.18. The average molecular weight is 185 g/mol. The molecule has 0 radical (unpaired) electrons. The lowest BCUT2D eigenvalue weighted by Gasteiger charge is -2.18. The summed E-state index contributed by atoms with van der Waals surface area (Å²) in [6.45, 7) is 6.06. The van der Waals surface area contributed by atoms with Crippen molar-refractivity contribution < 1.29 is 4.39 Å². The van der Waals surface area contributed by atoms with Gasteiger partial charge in [-0.3, -0.25) is 0 Å². The predicted octanol–water partition coefficient (Wildman–Crippen LogP) is 2.21. The summed E-state index contributed by atoms with van der Waals surface area (Å²) in [7, 11) is 1.74. The minimum Gasteiger partial charge on any atom is -0.357 e. The number of hydrogen-bond donors (Lipinski definition) is 1. The Morgan fingerprint density at radius 2 is 2.31 bits per heavy atom. The molecule has 1 N–H and O–H groups in total. The van der Waals surface area contributed by atoms with Gasteiger partial charge in [-0.1, -0.05) is 13.3 Å². The highest BCUT2D eigenvalue weighted by atomic mass is 19.1. The molecule has 0 atom stereocenters. The van der Waals surface area contributed by atoms with Crippen molar-refractivity contribution in [1.29, 1.82) is 5.41 Å². The van der Waals surface area contributed by atoms with Crippen LogP contribution in [0.4, 0.5) is 4.39 Å². The molecule has 0 rings (SSSR count). The molecule has 0 saturated carbocycles. The van der Waals surface area contributed by atoms with Gasteiger partial charge in [-0.15, -0.1) is 0 Å². The van der Waals surface area contributed by atoms with E-state index in [1.54, 1.807) is 11.9 Å². The van der Waals surface area contributed by atoms with Crippen LogP contribution < -0.4 is 0 Å². The molecule has 0 heterocycles. The number of rotatable bonds is 6. The minimum absolute atomic E-state index is 0.142. The van der Waals surface area contributed by atoms with Crippen LogP contribution >= 0.6 is 0 Å². The van der Waals surface area contributed by atoms with E-state index in [0.717, 1.165) is 19.4 Å². The standard InChI is InChI=1S/C9H16FN3/c1-4-5-6-13(3)9(12-2)8(10)7-11/h7,11H,2,4-6H2,1,3H3/b9-8-,11-7?. The number of nitrogens with one attached hydrogen (secondary N) is 1. The van der Waals surface area contributed by atoms with Gasteiger partial charge in [0.1, 0.15) is 0 Å². The molecular weight excluding hydrogens is 169 g/mol. The number of aliphatic imine (C=N–C) groups is 1. The third-order valence-corrected chi connectivity index (χ3v) is 1.70. The van der Waals surface area contributed by atoms with Crippen LogP contribution in [-0.2, 0) is 0 Å². The Balaban J connectivity index is 4.39. The zero-order valence-electron chi connectivity index (χ0n) is 8.18. The van der Waals surface area contributed by atoms with Gasteiger partial charge in [-0.2, -0.15) is 0 Å². The molecule has 0 aromatic heterocycles. The van der Waals surface area contributed by atoms with Gasteiger partial charge in [-0.25, -0.2) is 9.38 Å². The molecule has 3 nitrogen and oxygen atoms in total. The molecule has 0 spiro atoms. The second-order valence-electron chi connectivity index (χ2n) is 2.75. The first-order valence-corrected chi connectivity index (χ1v) is 4.25. The Labute approximate surface area is 78.5 Å². The molecule has 0 aliphatic carbocycles. The summed E-state index contributed by atoms with van der Waals surface area (Å²) in [6.07, 6.45) is 2.66. The van der Waals surface area contributed by atoms with Crippen LogP contribution in [0.25, 0.3) is 0 Å². The molecular formula is C9H16FN3. The van der Waals surface area contributed by atoms with Crippen LogP contribution in [0.1, 0.15) is 19.8 Å². The van der Waals surface area contributed by atoms with E-state index >= 15 is 0 Å². The van der Waals surface area contributed by atoms with Crippen LogP contribution in [0.3, 0.4) is 0 Å². The van der Waals surface area contributed by atoms with Crippen molar-refractivity contribution in [1.82, 2.24) is 4.90 Å². The summed E-state index contributed by atoms with van der Waals surface area (Å²) >= 11 is 0. The summed E-state index contributed by atoms with van der Waals surface area (Å²) in [5.41, 5.74) is 0. The lowest BCUT2D eigenvalue weighted by atomic mass is 10.3. The van der Waals surface area contributed by atoms with Crippen LogP contribution in [0.15, 0.2) is 16.6 Å². The maximum Gasteiger partial charge on any atom is 0.183 e. The van der Waals surface area contributed by atoms with Crippen LogP contribution in [0.5, 0.6) is 0 Å². The molecule has 0 aliphatic heterocycles. The van der Waals surface area contributed by atoms with Gasteiger partial charge in [0, 0.05) is 13.6 Å². The smallest absolute Gasteiger partial charge is 0.183 e. The zero-order chi connectivity index (χ0) is 10.3. The summed E-state index contributed by atoms with van der Waals surface area (Å²) in [5, 5.41) is 6.74. The summed E-state index contributed by atoms with van der Waals surface area (Å²) in [4.78, 5) is 5.20. The van der Waals surface area contributed by atoms with Crippen LogP contribution in [0, 0.1) is 5.41 Å². The fourth-order valence-corrected chi connectivity index (χ4v) is 0.944. The molecule has 0 unspecified atom stereocenters. The third-order valence-electron chi connectivity index (χ3n) is 1.70. The summed E-state index contributed by atoms with van der Waals surface area (Å²) in [5.74, 6) is -0.503. The molecule has 4 heteroatoms. The van der Waals surface area contributed by atoms with Gasteiger partial charge < -0.3 is 10.3 Å². The van der Waals surface area contributed by atoms with Crippen LogP contribution in [-0.4, -0.2) is 31.4 Å². The SMILES string of the molecule is C=N/C(=C(/F)C=N)N(C)CCCC. The molecule has 0 aromatic rings. The number of hydrogen-bond acceptors (Lipinski definition) is 3. The van der Waals surface area contributed by atoms with Gasteiger partial charge in [0.25, 0.3) is 0 Å². The maximum absolute atomic E-state index is 12.9. The van der Waals surface area contributed by atoms with Crippen molar-refractivity contribution in [2.45, 2.75) is 19.8 Å². The van der Waals surface area contributed by atoms with Crippen molar-refractivity contribution in [3.05, 3.63) is 11.6 Å². The second kappa shape index (κ2) is 6.34. The number of nitrogens with zero attached hydrogens (tertiary/aromatic N) is 2. The lowest BCUT2D eigenvalue weighted by molar-refractivity contribution is 0.389. The van der Waals surface area contributed by atoms with Crippen molar-refractivity contribution in [2.24, 2.45) is 4.99 Å².